The zero-order chi connectivity index (χ0) is 17.8. The Balaban J connectivity index is 1.63. The van der Waals surface area contributed by atoms with Crippen LogP contribution in [0.4, 0.5) is 4.79 Å². The Kier molecular flexibility index (Phi) is 5.30. The molecule has 2 aromatic rings. The van der Waals surface area contributed by atoms with Gasteiger partial charge < -0.3 is 20.1 Å². The minimum Gasteiger partial charge on any atom is -0.391 e. The molecule has 0 saturated carbocycles. The minimum atomic E-state index is -0.497. The number of methoxy groups -OCH3 is 1. The van der Waals surface area contributed by atoms with Crippen LogP contribution in [0.15, 0.2) is 36.9 Å². The zero-order valence-corrected chi connectivity index (χ0v) is 14.4. The first-order valence-electron chi connectivity index (χ1n) is 8.27. The van der Waals surface area contributed by atoms with E-state index in [9.17, 15) is 9.90 Å². The second-order valence-corrected chi connectivity index (χ2v) is 6.25. The number of aliphatic hydroxyl groups excluding tert-OH is 1. The van der Waals surface area contributed by atoms with Crippen LogP contribution in [-0.2, 0) is 4.74 Å². The normalized spacial score (nSPS) is 21.3. The molecule has 134 valence electrons. The quantitative estimate of drug-likeness (QED) is 0.847. The predicted octanol–water partition coefficient (Wildman–Crippen LogP) is 1.12. The van der Waals surface area contributed by atoms with Gasteiger partial charge in [-0.2, -0.15) is 5.10 Å². The highest BCUT2D eigenvalue weighted by Crippen LogP contribution is 2.20. The fraction of sp³-hybridized carbons (Fsp3) is 0.471. The molecule has 0 aliphatic carbocycles. The van der Waals surface area contributed by atoms with E-state index in [0.717, 1.165) is 11.3 Å². The summed E-state index contributed by atoms with van der Waals surface area (Å²) in [5.74, 6) is 0. The summed E-state index contributed by atoms with van der Waals surface area (Å²) in [6, 6.07) is 7.33. The number of nitrogens with one attached hydrogen (secondary N) is 1. The number of ether oxygens (including phenoxy) is 1. The van der Waals surface area contributed by atoms with Crippen LogP contribution in [0.25, 0.3) is 5.69 Å². The summed E-state index contributed by atoms with van der Waals surface area (Å²) in [5.41, 5.74) is 1.89. The predicted molar refractivity (Wildman–Crippen MR) is 91.3 cm³/mol. The molecule has 0 bridgehead atoms. The molecule has 0 spiro atoms. The number of nitrogens with zero attached hydrogens (tertiary/aromatic N) is 4. The third-order valence-corrected chi connectivity index (χ3v) is 4.43. The van der Waals surface area contributed by atoms with E-state index in [4.69, 9.17) is 4.74 Å². The molecule has 1 unspecified atom stereocenters. The number of urea groups is 1. The van der Waals surface area contributed by atoms with Gasteiger partial charge in [0.05, 0.1) is 30.5 Å². The van der Waals surface area contributed by atoms with E-state index in [2.05, 4.69) is 15.4 Å². The summed E-state index contributed by atoms with van der Waals surface area (Å²) in [5, 5.41) is 16.9. The molecule has 2 N–H and O–H groups in total. The molecule has 0 radical (unpaired) electrons. The molecule has 3 rings (SSSR count). The number of hydrogen-bond acceptors (Lipinski definition) is 5. The first-order valence-corrected chi connectivity index (χ1v) is 8.27. The van der Waals surface area contributed by atoms with Crippen molar-refractivity contribution in [2.75, 3.05) is 20.3 Å². The van der Waals surface area contributed by atoms with Crippen LogP contribution in [0.3, 0.4) is 0 Å². The summed E-state index contributed by atoms with van der Waals surface area (Å²) < 4.78 is 6.82. The second-order valence-electron chi connectivity index (χ2n) is 6.25. The van der Waals surface area contributed by atoms with Gasteiger partial charge >= 0.3 is 6.03 Å². The minimum absolute atomic E-state index is 0.0955. The summed E-state index contributed by atoms with van der Waals surface area (Å²) in [6.45, 7) is 2.68. The van der Waals surface area contributed by atoms with E-state index in [-0.39, 0.29) is 18.1 Å². The Morgan fingerprint density at radius 1 is 1.44 bits per heavy atom. The monoisotopic (exact) mass is 345 g/mol. The maximum absolute atomic E-state index is 12.5. The van der Waals surface area contributed by atoms with Gasteiger partial charge in [0.2, 0.25) is 0 Å². The van der Waals surface area contributed by atoms with Gasteiger partial charge in [0.15, 0.2) is 0 Å². The zero-order valence-electron chi connectivity index (χ0n) is 14.4. The lowest BCUT2D eigenvalue weighted by atomic mass is 10.1. The van der Waals surface area contributed by atoms with Crippen molar-refractivity contribution in [1.29, 1.82) is 0 Å². The molecular weight excluding hydrogens is 322 g/mol. The standard InChI is InChI=1S/C17H23N5O3/c1-12(13-3-5-14(6-4-13)22-11-18-10-19-22)20-17(24)21-8-16(23)7-15(21)9-25-2/h3-6,10-12,15-16,23H,7-9H2,1-2H3,(H,20,24)/t12?,15-,16+/m0/s1. The lowest BCUT2D eigenvalue weighted by molar-refractivity contribution is 0.122. The molecule has 1 saturated heterocycles. The number of aliphatic hydroxyl groups is 1. The highest BCUT2D eigenvalue weighted by Gasteiger charge is 2.34. The van der Waals surface area contributed by atoms with Crippen LogP contribution >= 0.6 is 0 Å². The van der Waals surface area contributed by atoms with Crippen LogP contribution in [-0.4, -0.2) is 63.2 Å². The van der Waals surface area contributed by atoms with Crippen molar-refractivity contribution in [3.8, 4) is 5.69 Å². The number of amides is 2. The maximum atomic E-state index is 12.5. The Hall–Kier alpha value is -2.45. The molecule has 1 fully saturated rings. The van der Waals surface area contributed by atoms with Crippen molar-refractivity contribution in [1.82, 2.24) is 25.0 Å². The van der Waals surface area contributed by atoms with Crippen molar-refractivity contribution >= 4 is 6.03 Å². The Labute approximate surface area is 146 Å². The molecule has 2 heterocycles. The van der Waals surface area contributed by atoms with Crippen LogP contribution in [0.1, 0.15) is 24.9 Å². The summed E-state index contributed by atoms with van der Waals surface area (Å²) >= 11 is 0. The lowest BCUT2D eigenvalue weighted by Crippen LogP contribution is -2.45. The average Bonchev–Trinajstić information content (AvgIpc) is 3.25. The Bertz CT molecular complexity index is 689. The van der Waals surface area contributed by atoms with Gasteiger partial charge in [-0.15, -0.1) is 0 Å². The van der Waals surface area contributed by atoms with Gasteiger partial charge in [0.1, 0.15) is 12.7 Å². The van der Waals surface area contributed by atoms with E-state index in [1.807, 2.05) is 31.2 Å². The van der Waals surface area contributed by atoms with Gasteiger partial charge in [-0.25, -0.2) is 14.5 Å². The fourth-order valence-corrected chi connectivity index (χ4v) is 3.10. The molecule has 8 nitrogen and oxygen atoms in total. The Morgan fingerprint density at radius 3 is 2.84 bits per heavy atom. The Morgan fingerprint density at radius 2 is 2.20 bits per heavy atom. The molecule has 1 aromatic heterocycles. The van der Waals surface area contributed by atoms with Gasteiger partial charge in [-0.05, 0) is 31.0 Å². The molecular formula is C17H23N5O3. The number of β-amino-alcohol motifs (C(OH)–C–C–N with tert-alkyl or cyclic N) is 1. The number of aromatic nitrogens is 3. The van der Waals surface area contributed by atoms with Crippen molar-refractivity contribution in [2.45, 2.75) is 31.5 Å². The number of carbonyl (C=O) groups is 1. The average molecular weight is 345 g/mol. The van der Waals surface area contributed by atoms with Crippen molar-refractivity contribution in [3.63, 3.8) is 0 Å². The van der Waals surface area contributed by atoms with Crippen LogP contribution < -0.4 is 5.32 Å². The SMILES string of the molecule is COC[C@@H]1C[C@@H](O)CN1C(=O)NC(C)c1ccc(-n2cncn2)cc1. The molecule has 1 aliphatic rings. The third-order valence-electron chi connectivity index (χ3n) is 4.43. The van der Waals surface area contributed by atoms with Gasteiger partial charge in [-0.1, -0.05) is 12.1 Å². The van der Waals surface area contributed by atoms with E-state index in [0.29, 0.717) is 19.6 Å². The number of hydrogen-bond donors (Lipinski definition) is 2. The van der Waals surface area contributed by atoms with Crippen LogP contribution in [0.5, 0.6) is 0 Å². The number of benzene rings is 1. The van der Waals surface area contributed by atoms with E-state index < -0.39 is 6.10 Å². The van der Waals surface area contributed by atoms with Crippen LogP contribution in [0, 0.1) is 0 Å². The van der Waals surface area contributed by atoms with E-state index in [1.165, 1.54) is 6.33 Å². The van der Waals surface area contributed by atoms with E-state index in [1.54, 1.807) is 23.0 Å². The molecule has 3 atom stereocenters. The number of rotatable bonds is 5. The molecule has 1 aromatic carbocycles. The van der Waals surface area contributed by atoms with Crippen molar-refractivity contribution < 1.29 is 14.6 Å². The van der Waals surface area contributed by atoms with Gasteiger partial charge in [-0.3, -0.25) is 0 Å². The highest BCUT2D eigenvalue weighted by molar-refractivity contribution is 5.75. The lowest BCUT2D eigenvalue weighted by Gasteiger charge is -2.26. The largest absolute Gasteiger partial charge is 0.391 e. The first kappa shape index (κ1) is 17.4. The van der Waals surface area contributed by atoms with Gasteiger partial charge in [0.25, 0.3) is 0 Å². The topological polar surface area (TPSA) is 92.5 Å². The van der Waals surface area contributed by atoms with Gasteiger partial charge in [0, 0.05) is 13.7 Å². The molecule has 1 aliphatic heterocycles. The van der Waals surface area contributed by atoms with Crippen molar-refractivity contribution in [2.24, 2.45) is 0 Å². The number of carbonyl (C=O) groups excluding carboxylic acids is 1. The maximum Gasteiger partial charge on any atom is 0.318 e. The van der Waals surface area contributed by atoms with Crippen molar-refractivity contribution in [3.05, 3.63) is 42.5 Å². The molecule has 8 heteroatoms. The molecule has 2 amide bonds. The second kappa shape index (κ2) is 7.62. The van der Waals surface area contributed by atoms with E-state index >= 15 is 0 Å². The number of likely N-dealkylation sites (tertiary alicyclic amines) is 1. The summed E-state index contributed by atoms with van der Waals surface area (Å²) in [7, 11) is 1.60. The summed E-state index contributed by atoms with van der Waals surface area (Å²) in [6.07, 6.45) is 3.16. The smallest absolute Gasteiger partial charge is 0.318 e. The summed E-state index contributed by atoms with van der Waals surface area (Å²) in [4.78, 5) is 18.1. The molecule has 25 heavy (non-hydrogen) atoms. The fourth-order valence-electron chi connectivity index (χ4n) is 3.10. The first-order chi connectivity index (χ1) is 12.1. The van der Waals surface area contributed by atoms with Crippen LogP contribution in [0.2, 0.25) is 0 Å². The highest BCUT2D eigenvalue weighted by atomic mass is 16.5. The third kappa shape index (κ3) is 3.97.